The molecule has 0 saturated carbocycles. The highest BCUT2D eigenvalue weighted by Crippen LogP contribution is 2.39. The van der Waals surface area contributed by atoms with E-state index in [1.54, 1.807) is 29.5 Å². The number of phenols is 1. The normalized spacial score (nSPS) is 11.7. The lowest BCUT2D eigenvalue weighted by Crippen LogP contribution is -2.17. The van der Waals surface area contributed by atoms with E-state index in [0.29, 0.717) is 10.0 Å². The molecule has 1 nitrogen and oxygen atoms in total. The van der Waals surface area contributed by atoms with Crippen LogP contribution in [0, 0.1) is 0 Å². The number of phenolic OH excluding ortho intramolecular Hbond substituents is 1. The van der Waals surface area contributed by atoms with Crippen LogP contribution in [-0.2, 0) is 5.41 Å². The average molecular weight is 363 g/mol. The molecule has 3 aromatic rings. The quantitative estimate of drug-likeness (QED) is 0.545. The number of hydrogen-bond acceptors (Lipinski definition) is 2. The zero-order chi connectivity index (χ0) is 16.6. The highest BCUT2D eigenvalue weighted by atomic mass is 35.5. The molecule has 0 radical (unpaired) electrons. The minimum absolute atomic E-state index is 0.157. The summed E-state index contributed by atoms with van der Waals surface area (Å²) in [5.74, 6) is 0.227. The van der Waals surface area contributed by atoms with E-state index in [4.69, 9.17) is 23.2 Å². The van der Waals surface area contributed by atoms with Crippen molar-refractivity contribution in [3.63, 3.8) is 0 Å². The first kappa shape index (κ1) is 16.4. The molecule has 0 fully saturated rings. The molecule has 0 saturated heterocycles. The fourth-order valence-corrected chi connectivity index (χ4v) is 4.05. The van der Waals surface area contributed by atoms with Crippen molar-refractivity contribution in [1.29, 1.82) is 0 Å². The van der Waals surface area contributed by atoms with Gasteiger partial charge in [0.1, 0.15) is 5.75 Å². The third kappa shape index (κ3) is 3.25. The Bertz CT molecular complexity index is 818. The Morgan fingerprint density at radius 2 is 1.65 bits per heavy atom. The first-order valence-electron chi connectivity index (χ1n) is 7.22. The minimum Gasteiger partial charge on any atom is -0.507 e. The van der Waals surface area contributed by atoms with Crippen molar-refractivity contribution in [1.82, 2.24) is 0 Å². The van der Waals surface area contributed by atoms with E-state index >= 15 is 0 Å². The summed E-state index contributed by atoms with van der Waals surface area (Å²) in [5, 5.41) is 13.7. The predicted molar refractivity (Wildman–Crippen MR) is 100 cm³/mol. The molecule has 0 aliphatic heterocycles. The molecule has 0 bridgehead atoms. The molecule has 0 spiro atoms. The van der Waals surface area contributed by atoms with Crippen molar-refractivity contribution in [2.24, 2.45) is 0 Å². The predicted octanol–water partition coefficient (Wildman–Crippen LogP) is 6.75. The topological polar surface area (TPSA) is 20.2 Å². The zero-order valence-electron chi connectivity index (χ0n) is 12.8. The summed E-state index contributed by atoms with van der Waals surface area (Å²) in [4.78, 5) is 1.26. The van der Waals surface area contributed by atoms with Gasteiger partial charge in [0.05, 0.1) is 0 Å². The van der Waals surface area contributed by atoms with Crippen LogP contribution in [0.4, 0.5) is 0 Å². The van der Waals surface area contributed by atoms with Gasteiger partial charge in [0.15, 0.2) is 0 Å². The number of halogens is 2. The van der Waals surface area contributed by atoms with Gasteiger partial charge >= 0.3 is 0 Å². The fraction of sp³-hybridized carbons (Fsp3) is 0.158. The van der Waals surface area contributed by atoms with E-state index in [9.17, 15) is 5.11 Å². The smallest absolute Gasteiger partial charge is 0.123 e. The summed E-state index contributed by atoms with van der Waals surface area (Å²) < 4.78 is 0. The molecule has 1 heterocycles. The van der Waals surface area contributed by atoms with Gasteiger partial charge in [0, 0.05) is 25.9 Å². The van der Waals surface area contributed by atoms with Crippen molar-refractivity contribution >= 4 is 34.5 Å². The Morgan fingerprint density at radius 1 is 0.957 bits per heavy atom. The van der Waals surface area contributed by atoms with Gasteiger partial charge in [-0.25, -0.2) is 0 Å². The Labute approximate surface area is 150 Å². The molecular weight excluding hydrogens is 347 g/mol. The maximum absolute atomic E-state index is 10.5. The van der Waals surface area contributed by atoms with Gasteiger partial charge in [-0.15, -0.1) is 11.3 Å². The maximum atomic E-state index is 10.5. The van der Waals surface area contributed by atoms with Crippen LogP contribution in [0.3, 0.4) is 0 Å². The molecule has 23 heavy (non-hydrogen) atoms. The van der Waals surface area contributed by atoms with Gasteiger partial charge in [-0.1, -0.05) is 55.2 Å². The van der Waals surface area contributed by atoms with Gasteiger partial charge in [0.2, 0.25) is 0 Å². The summed E-state index contributed by atoms with van der Waals surface area (Å²) in [6.45, 7) is 4.31. The van der Waals surface area contributed by atoms with Crippen molar-refractivity contribution in [2.75, 3.05) is 0 Å². The second-order valence-corrected chi connectivity index (χ2v) is 7.81. The Kier molecular flexibility index (Phi) is 4.41. The molecule has 1 N–H and O–H groups in total. The monoisotopic (exact) mass is 362 g/mol. The molecule has 0 amide bonds. The van der Waals surface area contributed by atoms with Crippen LogP contribution in [0.15, 0.2) is 53.9 Å². The second kappa shape index (κ2) is 6.20. The second-order valence-electron chi connectivity index (χ2n) is 5.99. The Morgan fingerprint density at radius 3 is 2.22 bits per heavy atom. The van der Waals surface area contributed by atoms with Crippen LogP contribution in [0.5, 0.6) is 5.75 Å². The van der Waals surface area contributed by atoms with Crippen LogP contribution in [0.1, 0.15) is 24.3 Å². The van der Waals surface area contributed by atoms with Crippen molar-refractivity contribution in [3.8, 4) is 16.9 Å². The first-order valence-corrected chi connectivity index (χ1v) is 8.85. The van der Waals surface area contributed by atoms with Crippen LogP contribution in [0.2, 0.25) is 10.0 Å². The Hall–Kier alpha value is -1.48. The lowest BCUT2D eigenvalue weighted by molar-refractivity contribution is 0.474. The van der Waals surface area contributed by atoms with E-state index in [0.717, 1.165) is 16.7 Å². The molecule has 1 aromatic heterocycles. The number of benzene rings is 2. The summed E-state index contributed by atoms with van der Waals surface area (Å²) in [5.41, 5.74) is 2.44. The molecule has 3 rings (SSSR count). The van der Waals surface area contributed by atoms with Crippen LogP contribution < -0.4 is 0 Å². The van der Waals surface area contributed by atoms with Crippen LogP contribution in [0.25, 0.3) is 11.1 Å². The SMILES string of the molecule is CC(C)(c1ccc(-c2cc(Cl)cc(Cl)c2)c(O)c1)c1cccs1. The number of rotatable bonds is 3. The third-order valence-corrected chi connectivity index (χ3v) is 5.66. The zero-order valence-corrected chi connectivity index (χ0v) is 15.1. The minimum atomic E-state index is -0.157. The average Bonchev–Trinajstić information content (AvgIpc) is 3.00. The largest absolute Gasteiger partial charge is 0.507 e. The maximum Gasteiger partial charge on any atom is 0.123 e. The van der Waals surface area contributed by atoms with Crippen molar-refractivity contribution in [3.05, 3.63) is 74.4 Å². The Balaban J connectivity index is 2.04. The molecule has 0 unspecified atom stereocenters. The van der Waals surface area contributed by atoms with Crippen LogP contribution in [-0.4, -0.2) is 5.11 Å². The van der Waals surface area contributed by atoms with E-state index in [1.165, 1.54) is 4.88 Å². The standard InChI is InChI=1S/C19H16Cl2OS/c1-19(2,18-4-3-7-23-18)13-5-6-16(17(22)10-13)12-8-14(20)11-15(21)9-12/h3-11,22H,1-2H3. The fourth-order valence-electron chi connectivity index (χ4n) is 2.65. The van der Waals surface area contributed by atoms with Gasteiger partial charge in [-0.3, -0.25) is 0 Å². The van der Waals surface area contributed by atoms with Gasteiger partial charge in [-0.05, 0) is 46.8 Å². The van der Waals surface area contributed by atoms with Crippen LogP contribution >= 0.6 is 34.5 Å². The third-order valence-electron chi connectivity index (χ3n) is 4.03. The van der Waals surface area contributed by atoms with Gasteiger partial charge < -0.3 is 5.11 Å². The number of aromatic hydroxyl groups is 1. The van der Waals surface area contributed by atoms with E-state index in [1.807, 2.05) is 24.3 Å². The molecule has 0 aliphatic carbocycles. The number of hydrogen-bond donors (Lipinski definition) is 1. The molecular formula is C19H16Cl2OS. The summed E-state index contributed by atoms with van der Waals surface area (Å²) in [6.07, 6.45) is 0. The van der Waals surface area contributed by atoms with Crippen molar-refractivity contribution < 1.29 is 5.11 Å². The molecule has 118 valence electrons. The highest BCUT2D eigenvalue weighted by molar-refractivity contribution is 7.10. The molecule has 4 heteroatoms. The molecule has 2 aromatic carbocycles. The summed E-state index contributed by atoms with van der Waals surface area (Å²) >= 11 is 13.8. The number of thiophene rings is 1. The molecule has 0 atom stereocenters. The van der Waals surface area contributed by atoms with Gasteiger partial charge in [-0.2, -0.15) is 0 Å². The lowest BCUT2D eigenvalue weighted by Gasteiger charge is -2.24. The van der Waals surface area contributed by atoms with E-state index in [-0.39, 0.29) is 11.2 Å². The van der Waals surface area contributed by atoms with Crippen molar-refractivity contribution in [2.45, 2.75) is 19.3 Å². The van der Waals surface area contributed by atoms with Gasteiger partial charge in [0.25, 0.3) is 0 Å². The highest BCUT2D eigenvalue weighted by Gasteiger charge is 2.25. The van der Waals surface area contributed by atoms with E-state index < -0.39 is 0 Å². The summed E-state index contributed by atoms with van der Waals surface area (Å²) in [7, 11) is 0. The molecule has 0 aliphatic rings. The first-order chi connectivity index (χ1) is 10.9. The summed E-state index contributed by atoms with van der Waals surface area (Å²) in [6, 6.07) is 15.2. The van der Waals surface area contributed by atoms with E-state index in [2.05, 4.69) is 25.3 Å². The lowest BCUT2D eigenvalue weighted by atomic mass is 9.82.